The van der Waals surface area contributed by atoms with Gasteiger partial charge in [-0.2, -0.15) is 8.42 Å². The molecular weight excluding hydrogens is 408 g/mol. The Hall–Kier alpha value is -2.26. The number of nitrogens with zero attached hydrogens (tertiary/aromatic N) is 1. The third kappa shape index (κ3) is 5.63. The molecule has 0 radical (unpaired) electrons. The lowest BCUT2D eigenvalue weighted by Gasteiger charge is -2.17. The third-order valence-electron chi connectivity index (χ3n) is 4.39. The van der Waals surface area contributed by atoms with Crippen LogP contribution >= 0.6 is 11.3 Å². The molecule has 0 saturated carbocycles. The lowest BCUT2D eigenvalue weighted by Crippen LogP contribution is -2.28. The molecule has 0 amide bonds. The van der Waals surface area contributed by atoms with E-state index < -0.39 is 10.1 Å². The molecule has 3 rings (SSSR count). The molecular formula is C21H24N2O4S2. The minimum atomic E-state index is -3.96. The quantitative estimate of drug-likeness (QED) is 0.386. The Balaban J connectivity index is 1.72. The van der Waals surface area contributed by atoms with E-state index in [0.29, 0.717) is 6.42 Å². The van der Waals surface area contributed by atoms with Gasteiger partial charge < -0.3 is 4.74 Å². The molecule has 0 fully saturated rings. The monoisotopic (exact) mass is 432 g/mol. The number of hydrogen-bond acceptors (Lipinski definition) is 7. The Kier molecular flexibility index (Phi) is 7.38. The van der Waals surface area contributed by atoms with E-state index in [1.807, 2.05) is 35.7 Å². The van der Waals surface area contributed by atoms with Gasteiger partial charge in [0, 0.05) is 5.38 Å². The molecule has 1 aromatic heterocycles. The summed E-state index contributed by atoms with van der Waals surface area (Å²) < 4.78 is 35.5. The van der Waals surface area contributed by atoms with E-state index in [2.05, 4.69) is 17.2 Å². The van der Waals surface area contributed by atoms with Crippen LogP contribution < -0.4 is 10.1 Å². The standard InChI is InChI=1S/C21H24N2O4S2/c1-3-21-23-18(14-28-21)17(13-16-9-5-4-6-10-16)22-15-27-29(24,25)20-12-8-7-11-19(20)26-2/h4-12,14,17,22H,3,13,15H2,1-2H3/t17-/m0/s1. The number of nitrogens with one attached hydrogen (secondary N) is 1. The molecule has 1 heterocycles. The maximum absolute atomic E-state index is 12.6. The molecule has 8 heteroatoms. The van der Waals surface area contributed by atoms with E-state index in [1.165, 1.54) is 13.2 Å². The van der Waals surface area contributed by atoms with Crippen molar-refractivity contribution >= 4 is 21.5 Å². The van der Waals surface area contributed by atoms with Crippen molar-refractivity contribution in [2.45, 2.75) is 30.7 Å². The number of benzene rings is 2. The van der Waals surface area contributed by atoms with Crippen LogP contribution in [0, 0.1) is 0 Å². The van der Waals surface area contributed by atoms with Gasteiger partial charge in [-0.3, -0.25) is 9.50 Å². The van der Waals surface area contributed by atoms with Crippen molar-refractivity contribution in [1.29, 1.82) is 0 Å². The molecule has 154 valence electrons. The number of ether oxygens (including phenoxy) is 1. The van der Waals surface area contributed by atoms with Crippen LogP contribution in [0.3, 0.4) is 0 Å². The van der Waals surface area contributed by atoms with Crippen LogP contribution in [-0.2, 0) is 27.1 Å². The molecule has 29 heavy (non-hydrogen) atoms. The average molecular weight is 433 g/mol. The molecule has 2 aromatic carbocycles. The number of aromatic nitrogens is 1. The molecule has 0 spiro atoms. The van der Waals surface area contributed by atoms with Gasteiger partial charge in [0.1, 0.15) is 17.4 Å². The lowest BCUT2D eigenvalue weighted by molar-refractivity contribution is 0.264. The molecule has 0 bridgehead atoms. The van der Waals surface area contributed by atoms with E-state index in [0.717, 1.165) is 22.7 Å². The van der Waals surface area contributed by atoms with Gasteiger partial charge in [0.25, 0.3) is 0 Å². The smallest absolute Gasteiger partial charge is 0.301 e. The van der Waals surface area contributed by atoms with Gasteiger partial charge >= 0.3 is 10.1 Å². The van der Waals surface area contributed by atoms with E-state index in [-0.39, 0.29) is 23.4 Å². The predicted molar refractivity (Wildman–Crippen MR) is 114 cm³/mol. The van der Waals surface area contributed by atoms with Gasteiger partial charge in [-0.05, 0) is 30.5 Å². The summed E-state index contributed by atoms with van der Waals surface area (Å²) in [5.74, 6) is 0.250. The van der Waals surface area contributed by atoms with Gasteiger partial charge in [0.15, 0.2) is 0 Å². The van der Waals surface area contributed by atoms with Crippen molar-refractivity contribution in [2.24, 2.45) is 0 Å². The highest BCUT2D eigenvalue weighted by atomic mass is 32.2. The summed E-state index contributed by atoms with van der Waals surface area (Å²) >= 11 is 1.60. The highest BCUT2D eigenvalue weighted by Gasteiger charge is 2.22. The van der Waals surface area contributed by atoms with Crippen LogP contribution in [0.2, 0.25) is 0 Å². The first-order chi connectivity index (χ1) is 14.0. The van der Waals surface area contributed by atoms with Crippen molar-refractivity contribution in [2.75, 3.05) is 13.8 Å². The Bertz CT molecular complexity index is 1020. The van der Waals surface area contributed by atoms with Crippen molar-refractivity contribution in [3.63, 3.8) is 0 Å². The van der Waals surface area contributed by atoms with E-state index in [9.17, 15) is 8.42 Å². The Morgan fingerprint density at radius 3 is 2.52 bits per heavy atom. The second kappa shape index (κ2) is 9.98. The van der Waals surface area contributed by atoms with Gasteiger partial charge in [0.05, 0.1) is 23.9 Å². The highest BCUT2D eigenvalue weighted by Crippen LogP contribution is 2.25. The molecule has 0 saturated heterocycles. The fourth-order valence-corrected chi connectivity index (χ4v) is 4.67. The van der Waals surface area contributed by atoms with Gasteiger partial charge in [-0.25, -0.2) is 4.98 Å². The minimum Gasteiger partial charge on any atom is -0.495 e. The molecule has 3 aromatic rings. The zero-order valence-corrected chi connectivity index (χ0v) is 18.0. The molecule has 0 aliphatic carbocycles. The normalized spacial score (nSPS) is 12.6. The molecule has 6 nitrogen and oxygen atoms in total. The number of hydrogen-bond donors (Lipinski definition) is 1. The van der Waals surface area contributed by atoms with Crippen molar-refractivity contribution in [1.82, 2.24) is 10.3 Å². The van der Waals surface area contributed by atoms with E-state index in [4.69, 9.17) is 8.92 Å². The maximum atomic E-state index is 12.6. The summed E-state index contributed by atoms with van der Waals surface area (Å²) in [5.41, 5.74) is 2.01. The van der Waals surface area contributed by atoms with Gasteiger partial charge in [-0.15, -0.1) is 11.3 Å². The summed E-state index contributed by atoms with van der Waals surface area (Å²) in [6.07, 6.45) is 1.53. The molecule has 0 aliphatic heterocycles. The van der Waals surface area contributed by atoms with Crippen LogP contribution in [0.5, 0.6) is 5.75 Å². The molecule has 0 aliphatic rings. The summed E-state index contributed by atoms with van der Waals surface area (Å²) in [4.78, 5) is 4.66. The third-order valence-corrected chi connectivity index (χ3v) is 6.71. The topological polar surface area (TPSA) is 77.5 Å². The van der Waals surface area contributed by atoms with Crippen LogP contribution in [0.1, 0.15) is 29.2 Å². The summed E-state index contributed by atoms with van der Waals surface area (Å²) in [6.45, 7) is 1.89. The average Bonchev–Trinajstić information content (AvgIpc) is 3.23. The fourth-order valence-electron chi connectivity index (χ4n) is 2.88. The molecule has 1 N–H and O–H groups in total. The van der Waals surface area contributed by atoms with E-state index in [1.54, 1.807) is 29.5 Å². The van der Waals surface area contributed by atoms with Crippen molar-refractivity contribution < 1.29 is 17.3 Å². The van der Waals surface area contributed by atoms with Crippen LogP contribution in [-0.4, -0.2) is 27.2 Å². The van der Waals surface area contributed by atoms with Crippen LogP contribution in [0.4, 0.5) is 0 Å². The maximum Gasteiger partial charge on any atom is 0.301 e. The van der Waals surface area contributed by atoms with Gasteiger partial charge in [-0.1, -0.05) is 49.4 Å². The van der Waals surface area contributed by atoms with Gasteiger partial charge in [0.2, 0.25) is 0 Å². The number of para-hydroxylation sites is 1. The second-order valence-corrected chi connectivity index (χ2v) is 8.86. The Labute approximate surface area is 175 Å². The fraction of sp³-hybridized carbons (Fsp3) is 0.286. The number of rotatable bonds is 10. The highest BCUT2D eigenvalue weighted by molar-refractivity contribution is 7.86. The van der Waals surface area contributed by atoms with Crippen molar-refractivity contribution in [3.8, 4) is 5.75 Å². The number of methoxy groups -OCH3 is 1. The first-order valence-corrected chi connectivity index (χ1v) is 11.6. The van der Waals surface area contributed by atoms with E-state index >= 15 is 0 Å². The minimum absolute atomic E-state index is 0.00540. The largest absolute Gasteiger partial charge is 0.495 e. The molecule has 1 atom stereocenters. The Morgan fingerprint density at radius 1 is 1.10 bits per heavy atom. The SMILES string of the molecule is CCc1nc([C@H](Cc2ccccc2)NCOS(=O)(=O)c2ccccc2OC)cs1. The summed E-state index contributed by atoms with van der Waals surface area (Å²) in [6, 6.07) is 16.2. The number of thiazole rings is 1. The van der Waals surface area contributed by atoms with Crippen LogP contribution in [0.15, 0.2) is 64.9 Å². The summed E-state index contributed by atoms with van der Waals surface area (Å²) in [7, 11) is -2.53. The lowest BCUT2D eigenvalue weighted by atomic mass is 10.0. The predicted octanol–water partition coefficient (Wildman–Crippen LogP) is 3.95. The first-order valence-electron chi connectivity index (χ1n) is 9.27. The Morgan fingerprint density at radius 2 is 1.83 bits per heavy atom. The zero-order valence-electron chi connectivity index (χ0n) is 16.4. The van der Waals surface area contributed by atoms with Crippen LogP contribution in [0.25, 0.3) is 0 Å². The van der Waals surface area contributed by atoms with Crippen molar-refractivity contribution in [3.05, 3.63) is 76.2 Å². The zero-order chi connectivity index (χ0) is 20.7. The second-order valence-electron chi connectivity index (χ2n) is 6.33. The molecule has 0 unspecified atom stereocenters. The first kappa shape index (κ1) is 21.4. The number of aryl methyl sites for hydroxylation is 1. The summed E-state index contributed by atoms with van der Waals surface area (Å²) in [5, 5.41) is 6.24.